The van der Waals surface area contributed by atoms with E-state index in [9.17, 15) is 14.7 Å². The number of allylic oxidation sites excluding steroid dienone is 3. The average Bonchev–Trinajstić information content (AvgIpc) is 3.19. The third kappa shape index (κ3) is 3.93. The van der Waals surface area contributed by atoms with E-state index in [-0.39, 0.29) is 5.56 Å². The van der Waals surface area contributed by atoms with Crippen molar-refractivity contribution in [3.63, 3.8) is 0 Å². The zero-order chi connectivity index (χ0) is 23.7. The minimum absolute atomic E-state index is 0.0108. The van der Waals surface area contributed by atoms with Crippen LogP contribution in [-0.4, -0.2) is 20.8 Å². The van der Waals surface area contributed by atoms with E-state index in [1.54, 1.807) is 6.08 Å². The predicted octanol–water partition coefficient (Wildman–Crippen LogP) is 4.73. The van der Waals surface area contributed by atoms with Gasteiger partial charge in [-0.1, -0.05) is 84.4 Å². The zero-order valence-corrected chi connectivity index (χ0v) is 18.4. The van der Waals surface area contributed by atoms with Crippen molar-refractivity contribution in [3.8, 4) is 5.88 Å². The SMILES string of the molecule is Cc1ccc2c(c1)/C(=C\C=C(/c1ccccc1)c1c(O)[nH]c(=O)[nH]c1=O)C(c1ccccc1)=N2. The molecule has 1 aliphatic rings. The summed E-state index contributed by atoms with van der Waals surface area (Å²) in [5.74, 6) is -0.484. The van der Waals surface area contributed by atoms with Gasteiger partial charge in [0.05, 0.1) is 11.4 Å². The van der Waals surface area contributed by atoms with E-state index in [1.807, 2.05) is 85.8 Å². The maximum absolute atomic E-state index is 12.7. The minimum Gasteiger partial charge on any atom is -0.494 e. The number of hydrogen-bond acceptors (Lipinski definition) is 4. The molecular weight excluding hydrogens is 426 g/mol. The monoisotopic (exact) mass is 447 g/mol. The molecular formula is C28H21N3O3. The fourth-order valence-electron chi connectivity index (χ4n) is 4.09. The normalized spacial score (nSPS) is 14.2. The Kier molecular flexibility index (Phi) is 5.40. The quantitative estimate of drug-likeness (QED) is 0.422. The maximum Gasteiger partial charge on any atom is 0.328 e. The molecule has 0 amide bonds. The fraction of sp³-hybridized carbons (Fsp3) is 0.0357. The second-order valence-corrected chi connectivity index (χ2v) is 8.01. The summed E-state index contributed by atoms with van der Waals surface area (Å²) in [5, 5.41) is 10.5. The van der Waals surface area contributed by atoms with Gasteiger partial charge in [0.2, 0.25) is 5.88 Å². The number of fused-ring (bicyclic) bond motifs is 1. The van der Waals surface area contributed by atoms with Gasteiger partial charge >= 0.3 is 5.69 Å². The molecule has 3 aromatic carbocycles. The van der Waals surface area contributed by atoms with Crippen molar-refractivity contribution in [3.05, 3.63) is 140 Å². The van der Waals surface area contributed by atoms with Crippen LogP contribution in [0.4, 0.5) is 5.69 Å². The molecule has 0 aliphatic carbocycles. The summed E-state index contributed by atoms with van der Waals surface area (Å²) in [6.07, 6.45) is 3.69. The molecule has 0 unspecified atom stereocenters. The lowest BCUT2D eigenvalue weighted by Crippen LogP contribution is -2.24. The van der Waals surface area contributed by atoms with Crippen molar-refractivity contribution in [2.45, 2.75) is 6.92 Å². The van der Waals surface area contributed by atoms with Gasteiger partial charge < -0.3 is 5.11 Å². The lowest BCUT2D eigenvalue weighted by molar-refractivity contribution is 0.446. The molecule has 3 N–H and O–H groups in total. The van der Waals surface area contributed by atoms with Gasteiger partial charge in [0, 0.05) is 16.7 Å². The molecule has 6 heteroatoms. The molecule has 2 heterocycles. The summed E-state index contributed by atoms with van der Waals surface area (Å²) in [6, 6.07) is 25.2. The van der Waals surface area contributed by atoms with Crippen LogP contribution in [-0.2, 0) is 0 Å². The van der Waals surface area contributed by atoms with Crippen molar-refractivity contribution in [2.75, 3.05) is 0 Å². The summed E-state index contributed by atoms with van der Waals surface area (Å²) in [7, 11) is 0. The Morgan fingerprint density at radius 2 is 1.62 bits per heavy atom. The van der Waals surface area contributed by atoms with E-state index in [1.165, 1.54) is 0 Å². The Hall–Kier alpha value is -4.71. The van der Waals surface area contributed by atoms with Crippen LogP contribution >= 0.6 is 0 Å². The molecule has 1 aliphatic heterocycles. The number of aromatic amines is 2. The summed E-state index contributed by atoms with van der Waals surface area (Å²) in [5.41, 5.74) is 5.40. The first kappa shape index (κ1) is 21.2. The van der Waals surface area contributed by atoms with E-state index in [0.29, 0.717) is 11.1 Å². The number of rotatable bonds is 4. The van der Waals surface area contributed by atoms with Gasteiger partial charge in [-0.2, -0.15) is 0 Å². The zero-order valence-electron chi connectivity index (χ0n) is 18.4. The molecule has 6 nitrogen and oxygen atoms in total. The number of aliphatic imine (C=N–C) groups is 1. The Morgan fingerprint density at radius 1 is 0.912 bits per heavy atom. The standard InChI is InChI=1S/C28H21N3O3/c1-17-12-15-23-22(16-17)21(25(29-23)19-10-6-3-7-11-19)14-13-20(18-8-4-2-5-9-18)24-26(32)30-28(34)31-27(24)33/h2-16H,1H3,(H3,30,31,32,33,34)/b20-13+,21-14+. The highest BCUT2D eigenvalue weighted by Gasteiger charge is 2.22. The summed E-state index contributed by atoms with van der Waals surface area (Å²) >= 11 is 0. The van der Waals surface area contributed by atoms with Crippen LogP contribution in [0, 0.1) is 6.92 Å². The molecule has 0 saturated heterocycles. The van der Waals surface area contributed by atoms with Gasteiger partial charge in [-0.3, -0.25) is 14.8 Å². The number of aromatic nitrogens is 2. The number of hydrogen-bond donors (Lipinski definition) is 3. The Bertz CT molecular complexity index is 1590. The van der Waals surface area contributed by atoms with E-state index in [2.05, 4.69) is 16.0 Å². The van der Waals surface area contributed by atoms with E-state index in [0.717, 1.165) is 33.7 Å². The molecule has 0 fully saturated rings. The Balaban J connectivity index is 1.75. The number of benzene rings is 3. The lowest BCUT2D eigenvalue weighted by Gasteiger charge is -2.10. The highest BCUT2D eigenvalue weighted by molar-refractivity contribution is 6.36. The number of H-pyrrole nitrogens is 2. The molecule has 34 heavy (non-hydrogen) atoms. The van der Waals surface area contributed by atoms with Crippen molar-refractivity contribution in [1.82, 2.24) is 9.97 Å². The Labute approximate surface area is 195 Å². The van der Waals surface area contributed by atoms with Crippen LogP contribution in [0.3, 0.4) is 0 Å². The van der Waals surface area contributed by atoms with Crippen LogP contribution in [0.1, 0.15) is 27.8 Å². The first-order valence-electron chi connectivity index (χ1n) is 10.8. The van der Waals surface area contributed by atoms with Gasteiger partial charge in [0.15, 0.2) is 0 Å². The maximum atomic E-state index is 12.7. The highest BCUT2D eigenvalue weighted by atomic mass is 16.3. The number of aromatic hydroxyl groups is 1. The van der Waals surface area contributed by atoms with Crippen LogP contribution in [0.25, 0.3) is 11.1 Å². The van der Waals surface area contributed by atoms with Crippen LogP contribution in [0.2, 0.25) is 0 Å². The second-order valence-electron chi connectivity index (χ2n) is 8.01. The predicted molar refractivity (Wildman–Crippen MR) is 135 cm³/mol. The van der Waals surface area contributed by atoms with Crippen molar-refractivity contribution in [1.29, 1.82) is 0 Å². The molecule has 166 valence electrons. The van der Waals surface area contributed by atoms with E-state index < -0.39 is 17.1 Å². The Morgan fingerprint density at radius 3 is 2.32 bits per heavy atom. The van der Waals surface area contributed by atoms with Gasteiger partial charge in [0.25, 0.3) is 5.56 Å². The summed E-state index contributed by atoms with van der Waals surface area (Å²) in [6.45, 7) is 2.03. The topological polar surface area (TPSA) is 98.3 Å². The third-order valence-corrected chi connectivity index (χ3v) is 5.67. The molecule has 5 rings (SSSR count). The van der Waals surface area contributed by atoms with Crippen LogP contribution in [0.5, 0.6) is 5.88 Å². The van der Waals surface area contributed by atoms with E-state index >= 15 is 0 Å². The first-order valence-corrected chi connectivity index (χ1v) is 10.8. The highest BCUT2D eigenvalue weighted by Crippen LogP contribution is 2.38. The summed E-state index contributed by atoms with van der Waals surface area (Å²) < 4.78 is 0. The number of nitrogens with zero attached hydrogens (tertiary/aromatic N) is 1. The molecule has 0 atom stereocenters. The number of aryl methyl sites for hydroxylation is 1. The summed E-state index contributed by atoms with van der Waals surface area (Å²) in [4.78, 5) is 33.7. The van der Waals surface area contributed by atoms with E-state index in [4.69, 9.17) is 4.99 Å². The van der Waals surface area contributed by atoms with Gasteiger partial charge in [-0.15, -0.1) is 0 Å². The van der Waals surface area contributed by atoms with Gasteiger partial charge in [-0.25, -0.2) is 9.79 Å². The molecule has 0 bridgehead atoms. The smallest absolute Gasteiger partial charge is 0.328 e. The van der Waals surface area contributed by atoms with Crippen molar-refractivity contribution >= 4 is 22.5 Å². The lowest BCUT2D eigenvalue weighted by atomic mass is 9.94. The minimum atomic E-state index is -0.768. The fourth-order valence-corrected chi connectivity index (χ4v) is 4.09. The first-order chi connectivity index (χ1) is 16.5. The van der Waals surface area contributed by atoms with Crippen LogP contribution in [0.15, 0.2) is 106 Å². The molecule has 4 aromatic rings. The second kappa shape index (κ2) is 8.67. The van der Waals surface area contributed by atoms with Crippen molar-refractivity contribution in [2.24, 2.45) is 4.99 Å². The van der Waals surface area contributed by atoms with Gasteiger partial charge in [0.1, 0.15) is 5.56 Å². The van der Waals surface area contributed by atoms with Gasteiger partial charge in [-0.05, 0) is 30.2 Å². The molecule has 1 aromatic heterocycles. The molecule has 0 radical (unpaired) electrons. The van der Waals surface area contributed by atoms with Crippen molar-refractivity contribution < 1.29 is 5.11 Å². The number of nitrogens with one attached hydrogen (secondary N) is 2. The molecule has 0 spiro atoms. The largest absolute Gasteiger partial charge is 0.494 e. The van der Waals surface area contributed by atoms with Crippen LogP contribution < -0.4 is 11.2 Å². The molecule has 0 saturated carbocycles. The average molecular weight is 447 g/mol. The third-order valence-electron chi connectivity index (χ3n) is 5.67.